The van der Waals surface area contributed by atoms with Gasteiger partial charge < -0.3 is 0 Å². The van der Waals surface area contributed by atoms with Crippen LogP contribution in [0.25, 0.3) is 5.57 Å². The lowest BCUT2D eigenvalue weighted by Gasteiger charge is -2.26. The highest BCUT2D eigenvalue weighted by Gasteiger charge is 2.42. The second kappa shape index (κ2) is 9.65. The number of fused-ring (bicyclic) bond motifs is 1. The van der Waals surface area contributed by atoms with Crippen molar-refractivity contribution in [3.05, 3.63) is 88.8 Å². The fourth-order valence-electron chi connectivity index (χ4n) is 3.86. The first-order valence-electron chi connectivity index (χ1n) is 10.3. The van der Waals surface area contributed by atoms with Gasteiger partial charge in [-0.3, -0.25) is 24.3 Å². The Labute approximate surface area is 208 Å². The molecular weight excluding hydrogens is 474 g/mol. The summed E-state index contributed by atoms with van der Waals surface area (Å²) in [4.78, 5) is 32.6. The highest BCUT2D eigenvalue weighted by Crippen LogP contribution is 2.45. The van der Waals surface area contributed by atoms with E-state index < -0.39 is 0 Å². The minimum Gasteiger partial charge on any atom is -0.294 e. The molecular formula is C25H22ClN3O2S2. The smallest absolute Gasteiger partial charge is 0.271 e. The van der Waals surface area contributed by atoms with Gasteiger partial charge in [0.15, 0.2) is 4.32 Å². The lowest BCUT2D eigenvalue weighted by atomic mass is 10.1. The molecule has 33 heavy (non-hydrogen) atoms. The van der Waals surface area contributed by atoms with Crippen LogP contribution >= 0.6 is 35.6 Å². The van der Waals surface area contributed by atoms with Crippen molar-refractivity contribution in [3.63, 3.8) is 0 Å². The Morgan fingerprint density at radius 3 is 2.45 bits per heavy atom. The summed E-state index contributed by atoms with van der Waals surface area (Å²) in [6, 6.07) is 12.9. The molecule has 2 aromatic rings. The average molecular weight is 496 g/mol. The minimum absolute atomic E-state index is 0.225. The van der Waals surface area contributed by atoms with Crippen molar-refractivity contribution >= 4 is 68.7 Å². The SMILES string of the molecule is C=CCN(CC=C)CN1C(=O)C(=C2SC(=S)N(c3ccc(C)c(Cl)c3)C2=O)c2ccccc21. The number of hydrogen-bond acceptors (Lipinski definition) is 5. The number of anilines is 2. The van der Waals surface area contributed by atoms with Crippen molar-refractivity contribution < 1.29 is 9.59 Å². The van der Waals surface area contributed by atoms with Gasteiger partial charge in [0.2, 0.25) is 0 Å². The first kappa shape index (κ1) is 23.4. The van der Waals surface area contributed by atoms with E-state index in [1.165, 1.54) is 4.90 Å². The zero-order chi connectivity index (χ0) is 23.7. The van der Waals surface area contributed by atoms with Crippen LogP contribution in [0.4, 0.5) is 11.4 Å². The average Bonchev–Trinajstić information content (AvgIpc) is 3.23. The largest absolute Gasteiger partial charge is 0.294 e. The predicted molar refractivity (Wildman–Crippen MR) is 142 cm³/mol. The Morgan fingerprint density at radius 1 is 1.09 bits per heavy atom. The molecule has 2 aromatic carbocycles. The summed E-state index contributed by atoms with van der Waals surface area (Å²) in [5, 5.41) is 0.548. The van der Waals surface area contributed by atoms with Crippen molar-refractivity contribution in [2.24, 2.45) is 0 Å². The maximum Gasteiger partial charge on any atom is 0.271 e. The van der Waals surface area contributed by atoms with E-state index in [2.05, 4.69) is 13.2 Å². The summed E-state index contributed by atoms with van der Waals surface area (Å²) in [6.07, 6.45) is 3.57. The summed E-state index contributed by atoms with van der Waals surface area (Å²) >= 11 is 13.0. The van der Waals surface area contributed by atoms with E-state index >= 15 is 0 Å². The number of para-hydroxylation sites is 1. The van der Waals surface area contributed by atoms with Crippen molar-refractivity contribution in [2.75, 3.05) is 29.6 Å². The molecule has 4 rings (SSSR count). The van der Waals surface area contributed by atoms with E-state index in [1.807, 2.05) is 42.2 Å². The molecule has 0 spiro atoms. The summed E-state index contributed by atoms with van der Waals surface area (Å²) in [7, 11) is 0. The zero-order valence-electron chi connectivity index (χ0n) is 18.1. The normalized spacial score (nSPS) is 17.8. The van der Waals surface area contributed by atoms with E-state index in [9.17, 15) is 9.59 Å². The molecule has 0 unspecified atom stereocenters. The molecule has 0 aliphatic carbocycles. The van der Waals surface area contributed by atoms with E-state index in [4.69, 9.17) is 23.8 Å². The number of carbonyl (C=O) groups excluding carboxylic acids is 2. The number of halogens is 1. The number of aryl methyl sites for hydroxylation is 1. The molecule has 1 saturated heterocycles. The van der Waals surface area contributed by atoms with Crippen LogP contribution in [0.3, 0.4) is 0 Å². The predicted octanol–water partition coefficient (Wildman–Crippen LogP) is 5.40. The minimum atomic E-state index is -0.320. The zero-order valence-corrected chi connectivity index (χ0v) is 20.5. The van der Waals surface area contributed by atoms with Crippen LogP contribution in [0.15, 0.2) is 72.7 Å². The summed E-state index contributed by atoms with van der Waals surface area (Å²) in [5.74, 6) is -0.546. The van der Waals surface area contributed by atoms with Gasteiger partial charge in [0.25, 0.3) is 11.8 Å². The number of benzene rings is 2. The molecule has 0 atom stereocenters. The number of rotatable bonds is 7. The molecule has 2 aliphatic heterocycles. The van der Waals surface area contributed by atoms with E-state index in [0.717, 1.165) is 28.6 Å². The number of thioether (sulfide) groups is 1. The van der Waals surface area contributed by atoms with Crippen molar-refractivity contribution in [1.82, 2.24) is 4.90 Å². The maximum atomic E-state index is 13.6. The Hall–Kier alpha value is -2.71. The van der Waals surface area contributed by atoms with E-state index in [1.54, 1.807) is 29.2 Å². The molecule has 0 aromatic heterocycles. The van der Waals surface area contributed by atoms with E-state index in [0.29, 0.717) is 45.3 Å². The molecule has 0 saturated carbocycles. The molecule has 0 N–H and O–H groups in total. The van der Waals surface area contributed by atoms with Crippen molar-refractivity contribution in [3.8, 4) is 0 Å². The molecule has 5 nitrogen and oxygen atoms in total. The summed E-state index contributed by atoms with van der Waals surface area (Å²) in [6.45, 7) is 11.0. The Kier molecular flexibility index (Phi) is 6.86. The van der Waals surface area contributed by atoms with Gasteiger partial charge in [-0.15, -0.1) is 13.2 Å². The Balaban J connectivity index is 1.75. The van der Waals surface area contributed by atoms with Crippen molar-refractivity contribution in [1.29, 1.82) is 0 Å². The van der Waals surface area contributed by atoms with Crippen LogP contribution in [0, 0.1) is 6.92 Å². The van der Waals surface area contributed by atoms with Gasteiger partial charge in [-0.1, -0.05) is 72.0 Å². The van der Waals surface area contributed by atoms with Gasteiger partial charge in [-0.2, -0.15) is 0 Å². The third-order valence-corrected chi connectivity index (χ3v) is 7.23. The highest BCUT2D eigenvalue weighted by molar-refractivity contribution is 8.27. The van der Waals surface area contributed by atoms with Crippen LogP contribution in [-0.2, 0) is 9.59 Å². The Morgan fingerprint density at radius 2 is 1.79 bits per heavy atom. The molecule has 2 heterocycles. The second-order valence-corrected chi connectivity index (χ2v) is 9.70. The molecule has 168 valence electrons. The summed E-state index contributed by atoms with van der Waals surface area (Å²) < 4.78 is 0.367. The number of hydrogen-bond donors (Lipinski definition) is 0. The number of carbonyl (C=O) groups is 2. The Bertz CT molecular complexity index is 1210. The van der Waals surface area contributed by atoms with Gasteiger partial charge in [-0.25, -0.2) is 0 Å². The fraction of sp³-hybridized carbons (Fsp3) is 0.160. The number of thiocarbonyl (C=S) groups is 1. The lowest BCUT2D eigenvalue weighted by molar-refractivity contribution is -0.115. The standard InChI is InChI=1S/C25H22ClN3O2S2/c1-4-12-27(13-5-2)15-28-20-9-7-6-8-18(20)21(23(28)30)22-24(31)29(25(32)33-22)17-11-10-16(3)19(26)14-17/h4-11,14H,1-2,12-13,15H2,3H3. The maximum absolute atomic E-state index is 13.6. The first-order valence-corrected chi connectivity index (χ1v) is 11.9. The molecule has 0 radical (unpaired) electrons. The fourth-order valence-corrected chi connectivity index (χ4v) is 5.40. The highest BCUT2D eigenvalue weighted by atomic mass is 35.5. The van der Waals surface area contributed by atoms with E-state index in [-0.39, 0.29) is 11.8 Å². The third-order valence-electron chi connectivity index (χ3n) is 5.45. The lowest BCUT2D eigenvalue weighted by Crippen LogP contribution is -2.40. The van der Waals surface area contributed by atoms with Crippen LogP contribution in [0.5, 0.6) is 0 Å². The van der Waals surface area contributed by atoms with Crippen LogP contribution in [-0.4, -0.2) is 40.8 Å². The molecule has 0 bridgehead atoms. The quantitative estimate of drug-likeness (QED) is 0.292. The topological polar surface area (TPSA) is 43.9 Å². The van der Waals surface area contributed by atoms with Gasteiger partial charge in [0, 0.05) is 23.7 Å². The van der Waals surface area contributed by atoms with Crippen LogP contribution in [0.2, 0.25) is 5.02 Å². The first-order chi connectivity index (χ1) is 15.9. The summed E-state index contributed by atoms with van der Waals surface area (Å²) in [5.41, 5.74) is 3.35. The van der Waals surface area contributed by atoms with Gasteiger partial charge in [0.05, 0.1) is 28.5 Å². The van der Waals surface area contributed by atoms with Gasteiger partial charge >= 0.3 is 0 Å². The third kappa shape index (κ3) is 4.29. The van der Waals surface area contributed by atoms with Crippen LogP contribution in [0.1, 0.15) is 11.1 Å². The van der Waals surface area contributed by atoms with Crippen LogP contribution < -0.4 is 9.80 Å². The monoisotopic (exact) mass is 495 g/mol. The van der Waals surface area contributed by atoms with Gasteiger partial charge in [0.1, 0.15) is 0 Å². The second-order valence-electron chi connectivity index (χ2n) is 7.65. The molecule has 2 amide bonds. The molecule has 2 aliphatic rings. The number of amides is 2. The molecule has 8 heteroatoms. The molecule has 1 fully saturated rings. The van der Waals surface area contributed by atoms with Crippen molar-refractivity contribution in [2.45, 2.75) is 6.92 Å². The number of nitrogens with zero attached hydrogens (tertiary/aromatic N) is 3. The van der Waals surface area contributed by atoms with Gasteiger partial charge in [-0.05, 0) is 30.7 Å².